The fourth-order valence-corrected chi connectivity index (χ4v) is 3.18. The van der Waals surface area contributed by atoms with Crippen molar-refractivity contribution in [3.8, 4) is 0 Å². The second-order valence-electron chi connectivity index (χ2n) is 5.38. The van der Waals surface area contributed by atoms with E-state index in [1.54, 1.807) is 24.3 Å². The number of hydrogen-bond donors (Lipinski definition) is 1. The van der Waals surface area contributed by atoms with Gasteiger partial charge >= 0.3 is 0 Å². The third kappa shape index (κ3) is 4.00. The van der Waals surface area contributed by atoms with Crippen LogP contribution in [-0.2, 0) is 16.1 Å². The zero-order chi connectivity index (χ0) is 16.2. The highest BCUT2D eigenvalue weighted by molar-refractivity contribution is 7.99. The van der Waals surface area contributed by atoms with Gasteiger partial charge in [0.15, 0.2) is 5.16 Å². The summed E-state index contributed by atoms with van der Waals surface area (Å²) in [7, 11) is 0. The molecule has 8 heteroatoms. The van der Waals surface area contributed by atoms with Gasteiger partial charge in [-0.15, -0.1) is 0 Å². The summed E-state index contributed by atoms with van der Waals surface area (Å²) in [5, 5.41) is 3.00. The van der Waals surface area contributed by atoms with Crippen molar-refractivity contribution >= 4 is 28.7 Å². The summed E-state index contributed by atoms with van der Waals surface area (Å²) in [6.07, 6.45) is 0.931. The largest absolute Gasteiger partial charge is 0.381 e. The third-order valence-electron chi connectivity index (χ3n) is 3.73. The number of nitrogens with zero attached hydrogens (tertiary/aromatic N) is 2. The van der Waals surface area contributed by atoms with E-state index in [4.69, 9.17) is 4.74 Å². The Labute approximate surface area is 136 Å². The molecule has 1 amide bonds. The van der Waals surface area contributed by atoms with Gasteiger partial charge in [0.1, 0.15) is 6.54 Å². The molecule has 0 radical (unpaired) electrons. The molecule has 2 heterocycles. The van der Waals surface area contributed by atoms with Crippen LogP contribution in [-0.4, -0.2) is 41.0 Å². The number of hydrogen-bond acceptors (Lipinski definition) is 4. The SMILES string of the molecule is O=C(Cn1c(SC(F)F)nc2ccccc21)NC[C@@H]1CCOC1. The quantitative estimate of drug-likeness (QED) is 0.820. The smallest absolute Gasteiger partial charge is 0.291 e. The second-order valence-corrected chi connectivity index (χ2v) is 6.34. The summed E-state index contributed by atoms with van der Waals surface area (Å²) in [5.41, 5.74) is 1.28. The number of amides is 1. The molecule has 2 aromatic rings. The third-order valence-corrected chi connectivity index (χ3v) is 4.43. The average molecular weight is 341 g/mol. The van der Waals surface area contributed by atoms with Crippen LogP contribution in [0.1, 0.15) is 6.42 Å². The molecule has 1 fully saturated rings. The van der Waals surface area contributed by atoms with E-state index in [2.05, 4.69) is 10.3 Å². The number of aromatic nitrogens is 2. The van der Waals surface area contributed by atoms with Crippen molar-refractivity contribution in [2.75, 3.05) is 19.8 Å². The highest BCUT2D eigenvalue weighted by atomic mass is 32.2. The molecule has 0 unspecified atom stereocenters. The summed E-state index contributed by atoms with van der Waals surface area (Å²) < 4.78 is 32.2. The molecule has 0 bridgehead atoms. The fraction of sp³-hybridized carbons (Fsp3) is 0.467. The first-order valence-corrected chi connectivity index (χ1v) is 8.26. The predicted molar refractivity (Wildman–Crippen MR) is 83.5 cm³/mol. The van der Waals surface area contributed by atoms with Gasteiger partial charge in [0, 0.05) is 19.1 Å². The zero-order valence-electron chi connectivity index (χ0n) is 12.4. The summed E-state index contributed by atoms with van der Waals surface area (Å²) in [6, 6.07) is 7.10. The molecule has 0 aliphatic carbocycles. The van der Waals surface area contributed by atoms with E-state index < -0.39 is 5.76 Å². The van der Waals surface area contributed by atoms with Gasteiger partial charge in [0.05, 0.1) is 17.6 Å². The van der Waals surface area contributed by atoms with Gasteiger partial charge in [-0.25, -0.2) is 4.98 Å². The topological polar surface area (TPSA) is 56.2 Å². The Morgan fingerprint density at radius 1 is 1.48 bits per heavy atom. The van der Waals surface area contributed by atoms with Gasteiger partial charge in [0.2, 0.25) is 5.91 Å². The molecule has 23 heavy (non-hydrogen) atoms. The normalized spacial score (nSPS) is 18.0. The first-order chi connectivity index (χ1) is 11.1. The lowest BCUT2D eigenvalue weighted by molar-refractivity contribution is -0.121. The number of carbonyl (C=O) groups is 1. The van der Waals surface area contributed by atoms with E-state index in [0.29, 0.717) is 41.9 Å². The van der Waals surface area contributed by atoms with Gasteiger partial charge in [0.25, 0.3) is 5.76 Å². The summed E-state index contributed by atoms with van der Waals surface area (Å²) in [5.74, 6) is -2.46. The van der Waals surface area contributed by atoms with Gasteiger partial charge in [-0.1, -0.05) is 12.1 Å². The lowest BCUT2D eigenvalue weighted by atomic mass is 10.1. The Morgan fingerprint density at radius 3 is 3.04 bits per heavy atom. The number of thioether (sulfide) groups is 1. The Morgan fingerprint density at radius 2 is 2.30 bits per heavy atom. The molecular weight excluding hydrogens is 324 g/mol. The molecular formula is C15H17F2N3O2S. The molecule has 124 valence electrons. The van der Waals surface area contributed by atoms with E-state index in [1.165, 1.54) is 4.57 Å². The van der Waals surface area contributed by atoms with Crippen LogP contribution in [0.3, 0.4) is 0 Å². The van der Waals surface area contributed by atoms with Crippen LogP contribution in [0.5, 0.6) is 0 Å². The molecule has 1 aromatic carbocycles. The van der Waals surface area contributed by atoms with Crippen LogP contribution < -0.4 is 5.32 Å². The lowest BCUT2D eigenvalue weighted by Gasteiger charge is -2.11. The number of ether oxygens (including phenoxy) is 1. The molecule has 1 aromatic heterocycles. The molecule has 1 atom stereocenters. The van der Waals surface area contributed by atoms with Crippen LogP contribution in [0.4, 0.5) is 8.78 Å². The summed E-state index contributed by atoms with van der Waals surface area (Å²) in [6.45, 7) is 1.90. The fourth-order valence-electron chi connectivity index (χ4n) is 2.58. The second kappa shape index (κ2) is 7.27. The van der Waals surface area contributed by atoms with Crippen molar-refractivity contribution in [3.05, 3.63) is 24.3 Å². The van der Waals surface area contributed by atoms with Crippen molar-refractivity contribution in [3.63, 3.8) is 0 Å². The molecule has 1 N–H and O–H groups in total. The minimum atomic E-state index is -2.58. The number of nitrogens with one attached hydrogen (secondary N) is 1. The summed E-state index contributed by atoms with van der Waals surface area (Å²) >= 11 is 0.355. The van der Waals surface area contributed by atoms with E-state index >= 15 is 0 Å². The van der Waals surface area contributed by atoms with Gasteiger partial charge < -0.3 is 14.6 Å². The Bertz CT molecular complexity index is 686. The van der Waals surface area contributed by atoms with Crippen LogP contribution in [0.25, 0.3) is 11.0 Å². The predicted octanol–water partition coefficient (Wildman–Crippen LogP) is 2.50. The van der Waals surface area contributed by atoms with E-state index in [0.717, 1.165) is 13.0 Å². The number of benzene rings is 1. The number of imidazole rings is 1. The number of alkyl halides is 2. The molecule has 3 rings (SSSR count). The molecule has 0 saturated carbocycles. The Hall–Kier alpha value is -1.67. The van der Waals surface area contributed by atoms with Crippen LogP contribution in [0.2, 0.25) is 0 Å². The molecule has 5 nitrogen and oxygen atoms in total. The van der Waals surface area contributed by atoms with Crippen molar-refractivity contribution in [1.29, 1.82) is 0 Å². The minimum absolute atomic E-state index is 0.0247. The molecule has 1 saturated heterocycles. The number of carbonyl (C=O) groups excluding carboxylic acids is 1. The van der Waals surface area contributed by atoms with Crippen molar-refractivity contribution in [2.24, 2.45) is 5.92 Å². The van der Waals surface area contributed by atoms with Crippen molar-refractivity contribution in [2.45, 2.75) is 23.9 Å². The number of rotatable bonds is 6. The minimum Gasteiger partial charge on any atom is -0.381 e. The average Bonchev–Trinajstić information content (AvgIpc) is 3.14. The number of halogens is 2. The maximum absolute atomic E-state index is 12.7. The number of fused-ring (bicyclic) bond motifs is 1. The van der Waals surface area contributed by atoms with Crippen molar-refractivity contribution < 1.29 is 18.3 Å². The first-order valence-electron chi connectivity index (χ1n) is 7.38. The standard InChI is InChI=1S/C15H17F2N3O2S/c16-14(17)23-15-19-11-3-1-2-4-12(11)20(15)8-13(21)18-7-10-5-6-22-9-10/h1-4,10,14H,5-9H2,(H,18,21)/t10-/m0/s1. The van der Waals surface area contributed by atoms with Crippen molar-refractivity contribution in [1.82, 2.24) is 14.9 Å². The monoisotopic (exact) mass is 341 g/mol. The van der Waals surface area contributed by atoms with Crippen LogP contribution >= 0.6 is 11.8 Å². The van der Waals surface area contributed by atoms with Gasteiger partial charge in [-0.3, -0.25) is 4.79 Å². The van der Waals surface area contributed by atoms with E-state index in [9.17, 15) is 13.6 Å². The number of para-hydroxylation sites is 2. The van der Waals surface area contributed by atoms with Crippen LogP contribution in [0, 0.1) is 5.92 Å². The van der Waals surface area contributed by atoms with Gasteiger partial charge in [-0.05, 0) is 30.3 Å². The van der Waals surface area contributed by atoms with E-state index in [1.807, 2.05) is 0 Å². The summed E-state index contributed by atoms with van der Waals surface area (Å²) in [4.78, 5) is 16.3. The van der Waals surface area contributed by atoms with Crippen LogP contribution in [0.15, 0.2) is 29.4 Å². The molecule has 0 spiro atoms. The van der Waals surface area contributed by atoms with Gasteiger partial charge in [-0.2, -0.15) is 8.78 Å². The Balaban J connectivity index is 1.73. The highest BCUT2D eigenvalue weighted by Crippen LogP contribution is 2.28. The maximum atomic E-state index is 12.7. The Kier molecular flexibility index (Phi) is 5.12. The first kappa shape index (κ1) is 16.2. The van der Waals surface area contributed by atoms with E-state index in [-0.39, 0.29) is 17.6 Å². The highest BCUT2D eigenvalue weighted by Gasteiger charge is 2.19. The molecule has 1 aliphatic heterocycles. The lowest BCUT2D eigenvalue weighted by Crippen LogP contribution is -2.32. The maximum Gasteiger partial charge on any atom is 0.291 e. The zero-order valence-corrected chi connectivity index (χ0v) is 13.2. The molecule has 1 aliphatic rings.